The average molecular weight is 273 g/mol. The molecule has 7 heteroatoms. The highest BCUT2D eigenvalue weighted by Crippen LogP contribution is 2.30. The minimum atomic E-state index is -0.528. The van der Waals surface area contributed by atoms with E-state index in [-0.39, 0.29) is 0 Å². The Bertz CT molecular complexity index is 607. The van der Waals surface area contributed by atoms with Gasteiger partial charge in [-0.1, -0.05) is 0 Å². The number of hydrogen-bond donors (Lipinski definition) is 0. The molecule has 1 amide bonds. The Morgan fingerprint density at radius 3 is 2.95 bits per heavy atom. The lowest BCUT2D eigenvalue weighted by molar-refractivity contribution is 0.0398. The largest absolute Gasteiger partial charge is 0.443 e. The number of allylic oxidation sites excluding steroid dienone is 3. The van der Waals surface area contributed by atoms with E-state index < -0.39 is 11.7 Å². The number of hydrogen-bond acceptors (Lipinski definition) is 6. The fourth-order valence-corrected chi connectivity index (χ4v) is 1.94. The first-order valence-corrected chi connectivity index (χ1v) is 6.29. The van der Waals surface area contributed by atoms with Crippen LogP contribution in [0.5, 0.6) is 0 Å². The van der Waals surface area contributed by atoms with Crippen molar-refractivity contribution in [2.45, 2.75) is 26.4 Å². The van der Waals surface area contributed by atoms with Crippen LogP contribution in [0.1, 0.15) is 20.8 Å². The molecule has 0 saturated heterocycles. The zero-order chi connectivity index (χ0) is 14.3. The first-order valence-electron chi connectivity index (χ1n) is 6.29. The molecule has 0 aromatic carbocycles. The quantitative estimate of drug-likeness (QED) is 0.681. The summed E-state index contributed by atoms with van der Waals surface area (Å²) in [4.78, 5) is 13.4. The molecule has 104 valence electrons. The molecule has 0 fully saturated rings. The van der Waals surface area contributed by atoms with Crippen molar-refractivity contribution in [3.63, 3.8) is 0 Å². The second kappa shape index (κ2) is 4.29. The van der Waals surface area contributed by atoms with Crippen molar-refractivity contribution < 1.29 is 9.53 Å². The molecule has 3 aliphatic rings. The number of rotatable bonds is 0. The van der Waals surface area contributed by atoms with Gasteiger partial charge in [0.15, 0.2) is 12.5 Å². The fraction of sp³-hybridized carbons (Fsp3) is 0.385. The highest BCUT2D eigenvalue weighted by atomic mass is 16.6. The summed E-state index contributed by atoms with van der Waals surface area (Å²) in [6.07, 6.45) is 6.43. The van der Waals surface area contributed by atoms with Gasteiger partial charge in [0.05, 0.1) is 6.21 Å². The molecule has 3 rings (SSSR count). The Hall–Kier alpha value is -2.44. The number of fused-ring (bicyclic) bond motifs is 2. The summed E-state index contributed by atoms with van der Waals surface area (Å²) in [6.45, 7) is 5.93. The molecule has 0 radical (unpaired) electrons. The zero-order valence-corrected chi connectivity index (χ0v) is 11.6. The van der Waals surface area contributed by atoms with Crippen LogP contribution in [0.2, 0.25) is 0 Å². The van der Waals surface area contributed by atoms with Crippen LogP contribution in [0.25, 0.3) is 0 Å². The van der Waals surface area contributed by atoms with E-state index in [1.807, 2.05) is 26.8 Å². The summed E-state index contributed by atoms with van der Waals surface area (Å²) in [5.74, 6) is 0.707. The first-order chi connectivity index (χ1) is 9.44. The smallest absolute Gasteiger partial charge is 0.418 e. The van der Waals surface area contributed by atoms with Crippen molar-refractivity contribution in [2.24, 2.45) is 15.3 Å². The monoisotopic (exact) mass is 273 g/mol. The lowest BCUT2D eigenvalue weighted by Gasteiger charge is -2.27. The van der Waals surface area contributed by atoms with Crippen LogP contribution in [0.15, 0.2) is 50.8 Å². The molecule has 0 bridgehead atoms. The molecule has 0 aliphatic carbocycles. The molecule has 7 nitrogen and oxygen atoms in total. The van der Waals surface area contributed by atoms with Crippen molar-refractivity contribution >= 4 is 12.3 Å². The Labute approximate surface area is 116 Å². The normalized spacial score (nSPS) is 20.1. The molecule has 3 heterocycles. The number of ether oxygens (including phenoxy) is 1. The van der Waals surface area contributed by atoms with E-state index >= 15 is 0 Å². The van der Waals surface area contributed by atoms with Crippen molar-refractivity contribution in [1.29, 1.82) is 0 Å². The van der Waals surface area contributed by atoms with Crippen molar-refractivity contribution in [3.8, 4) is 0 Å². The Morgan fingerprint density at radius 1 is 1.40 bits per heavy atom. The van der Waals surface area contributed by atoms with E-state index in [1.54, 1.807) is 23.6 Å². The van der Waals surface area contributed by atoms with Gasteiger partial charge in [-0.25, -0.2) is 9.80 Å². The second-order valence-electron chi connectivity index (χ2n) is 5.55. The van der Waals surface area contributed by atoms with Crippen LogP contribution in [0.4, 0.5) is 4.79 Å². The number of nitrogens with zero attached hydrogens (tertiary/aromatic N) is 5. The number of amides is 1. The van der Waals surface area contributed by atoms with Gasteiger partial charge in [0.2, 0.25) is 0 Å². The third-order valence-corrected chi connectivity index (χ3v) is 2.78. The van der Waals surface area contributed by atoms with E-state index in [2.05, 4.69) is 15.3 Å². The summed E-state index contributed by atoms with van der Waals surface area (Å²) in [5, 5.41) is 13.9. The average Bonchev–Trinajstić information content (AvgIpc) is 2.84. The topological polar surface area (TPSA) is 69.9 Å². The van der Waals surface area contributed by atoms with Crippen LogP contribution < -0.4 is 0 Å². The zero-order valence-electron chi connectivity index (χ0n) is 11.6. The van der Waals surface area contributed by atoms with Gasteiger partial charge >= 0.3 is 6.09 Å². The van der Waals surface area contributed by atoms with E-state index in [0.29, 0.717) is 12.5 Å². The molecule has 0 saturated carbocycles. The summed E-state index contributed by atoms with van der Waals surface area (Å²) in [6, 6.07) is 0. The Morgan fingerprint density at radius 2 is 2.20 bits per heavy atom. The van der Waals surface area contributed by atoms with Gasteiger partial charge < -0.3 is 4.74 Å². The Kier molecular flexibility index (Phi) is 2.70. The molecular formula is C13H15N5O2. The summed E-state index contributed by atoms with van der Waals surface area (Å²) < 4.78 is 5.32. The van der Waals surface area contributed by atoms with Gasteiger partial charge in [0.25, 0.3) is 0 Å². The fourth-order valence-electron chi connectivity index (χ4n) is 1.94. The lowest BCUT2D eigenvalue weighted by Crippen LogP contribution is -2.32. The number of hydrazone groups is 1. The van der Waals surface area contributed by atoms with Gasteiger partial charge in [-0.2, -0.15) is 10.2 Å². The van der Waals surface area contributed by atoms with Gasteiger partial charge in [0.1, 0.15) is 5.60 Å². The van der Waals surface area contributed by atoms with E-state index in [1.165, 1.54) is 4.90 Å². The van der Waals surface area contributed by atoms with Crippen LogP contribution in [-0.2, 0) is 4.74 Å². The highest BCUT2D eigenvalue weighted by Gasteiger charge is 2.27. The predicted molar refractivity (Wildman–Crippen MR) is 72.4 cm³/mol. The molecular weight excluding hydrogens is 258 g/mol. The molecule has 0 aromatic rings. The predicted octanol–water partition coefficient (Wildman–Crippen LogP) is 2.57. The van der Waals surface area contributed by atoms with Crippen LogP contribution in [-0.4, -0.2) is 34.5 Å². The summed E-state index contributed by atoms with van der Waals surface area (Å²) >= 11 is 0. The SMILES string of the molecule is CC(C)(C)OC(=O)N1C=CC2=C3N=NCN3N=CC2=C1. The second-order valence-corrected chi connectivity index (χ2v) is 5.55. The minimum Gasteiger partial charge on any atom is -0.443 e. The summed E-state index contributed by atoms with van der Waals surface area (Å²) in [5.41, 5.74) is 1.19. The van der Waals surface area contributed by atoms with Gasteiger partial charge in [-0.05, 0) is 26.8 Å². The molecule has 20 heavy (non-hydrogen) atoms. The number of carbonyl (C=O) groups is 1. The van der Waals surface area contributed by atoms with E-state index in [0.717, 1.165) is 11.1 Å². The van der Waals surface area contributed by atoms with Gasteiger partial charge in [0, 0.05) is 23.5 Å². The maximum absolute atomic E-state index is 12.0. The molecule has 0 atom stereocenters. The van der Waals surface area contributed by atoms with Crippen LogP contribution in [0.3, 0.4) is 0 Å². The maximum Gasteiger partial charge on any atom is 0.418 e. The molecule has 0 unspecified atom stereocenters. The van der Waals surface area contributed by atoms with Crippen molar-refractivity contribution in [2.75, 3.05) is 6.67 Å². The van der Waals surface area contributed by atoms with Crippen LogP contribution in [0, 0.1) is 0 Å². The van der Waals surface area contributed by atoms with Crippen LogP contribution >= 0.6 is 0 Å². The molecule has 0 spiro atoms. The van der Waals surface area contributed by atoms with E-state index in [4.69, 9.17) is 4.74 Å². The minimum absolute atomic E-state index is 0.422. The third kappa shape index (κ3) is 2.22. The highest BCUT2D eigenvalue weighted by molar-refractivity contribution is 5.89. The Balaban J connectivity index is 1.85. The standard InChI is InChI=1S/C13H15N5O2/c1-13(2,3)20-12(19)17-5-4-10-9(7-17)6-15-18-8-14-16-11(10)18/h4-7H,8H2,1-3H3. The molecule has 0 aromatic heterocycles. The van der Waals surface area contributed by atoms with Crippen molar-refractivity contribution in [3.05, 3.63) is 35.4 Å². The first kappa shape index (κ1) is 12.6. The molecule has 0 N–H and O–H groups in total. The lowest BCUT2D eigenvalue weighted by atomic mass is 10.0. The van der Waals surface area contributed by atoms with E-state index in [9.17, 15) is 4.79 Å². The third-order valence-electron chi connectivity index (χ3n) is 2.78. The maximum atomic E-state index is 12.0. The number of azo groups is 1. The summed E-state index contributed by atoms with van der Waals surface area (Å²) in [7, 11) is 0. The number of carbonyl (C=O) groups excluding carboxylic acids is 1. The molecule has 3 aliphatic heterocycles. The van der Waals surface area contributed by atoms with Crippen molar-refractivity contribution in [1.82, 2.24) is 9.91 Å². The van der Waals surface area contributed by atoms with Gasteiger partial charge in [-0.15, -0.1) is 5.11 Å². The van der Waals surface area contributed by atoms with Gasteiger partial charge in [-0.3, -0.25) is 4.90 Å².